The molecule has 0 aromatic heterocycles. The van der Waals surface area contributed by atoms with Crippen LogP contribution in [-0.2, 0) is 4.79 Å². The molecule has 2 amide bonds. The quantitative estimate of drug-likeness (QED) is 0.871. The number of carboxylic acids is 1. The van der Waals surface area contributed by atoms with Gasteiger partial charge in [0.2, 0.25) is 0 Å². The zero-order valence-corrected chi connectivity index (χ0v) is 11.8. The maximum absolute atomic E-state index is 12.8. The van der Waals surface area contributed by atoms with E-state index in [0.29, 0.717) is 6.42 Å². The molecule has 0 aliphatic rings. The standard InChI is InChI=1S/C14H19FN2O3/c1-4-12(13(18)19)17(3)14(20)16-9(2)10-5-7-11(15)8-6-10/h5-9,12H,4H2,1-3H3,(H,16,20)(H,18,19). The van der Waals surface area contributed by atoms with Crippen molar-refractivity contribution in [3.63, 3.8) is 0 Å². The fraction of sp³-hybridized carbons (Fsp3) is 0.429. The Hall–Kier alpha value is -2.11. The molecule has 1 aromatic carbocycles. The van der Waals surface area contributed by atoms with Gasteiger partial charge in [-0.1, -0.05) is 19.1 Å². The third-order valence-electron chi connectivity index (χ3n) is 3.17. The highest BCUT2D eigenvalue weighted by Crippen LogP contribution is 2.13. The summed E-state index contributed by atoms with van der Waals surface area (Å²) in [5.74, 6) is -1.39. The molecule has 5 nitrogen and oxygen atoms in total. The lowest BCUT2D eigenvalue weighted by atomic mass is 10.1. The molecule has 110 valence electrons. The van der Waals surface area contributed by atoms with E-state index in [1.165, 1.54) is 19.2 Å². The lowest BCUT2D eigenvalue weighted by molar-refractivity contribution is -0.141. The maximum Gasteiger partial charge on any atom is 0.326 e. The highest BCUT2D eigenvalue weighted by molar-refractivity contribution is 5.82. The van der Waals surface area contributed by atoms with Gasteiger partial charge in [-0.25, -0.2) is 14.0 Å². The number of likely N-dealkylation sites (N-methyl/N-ethyl adjacent to an activating group) is 1. The first kappa shape index (κ1) is 15.9. The van der Waals surface area contributed by atoms with Gasteiger partial charge in [0, 0.05) is 7.05 Å². The minimum absolute atomic E-state index is 0.324. The molecular formula is C14H19FN2O3. The predicted molar refractivity (Wildman–Crippen MR) is 72.8 cm³/mol. The minimum Gasteiger partial charge on any atom is -0.480 e. The first-order valence-electron chi connectivity index (χ1n) is 6.38. The van der Waals surface area contributed by atoms with E-state index in [1.54, 1.807) is 26.0 Å². The Morgan fingerprint density at radius 2 is 1.90 bits per heavy atom. The number of halogens is 1. The number of carboxylic acid groups (broad SMARTS) is 1. The Labute approximate surface area is 117 Å². The zero-order valence-electron chi connectivity index (χ0n) is 11.8. The van der Waals surface area contributed by atoms with Crippen molar-refractivity contribution >= 4 is 12.0 Å². The van der Waals surface area contributed by atoms with Gasteiger partial charge in [0.15, 0.2) is 0 Å². The molecule has 0 aliphatic carbocycles. The number of hydrogen-bond donors (Lipinski definition) is 2. The van der Waals surface area contributed by atoms with Crippen molar-refractivity contribution in [2.24, 2.45) is 0 Å². The fourth-order valence-corrected chi connectivity index (χ4v) is 1.88. The molecule has 1 rings (SSSR count). The molecule has 0 spiro atoms. The third-order valence-corrected chi connectivity index (χ3v) is 3.17. The Kier molecular flexibility index (Phi) is 5.49. The smallest absolute Gasteiger partial charge is 0.326 e. The molecule has 6 heteroatoms. The average molecular weight is 282 g/mol. The average Bonchev–Trinajstić information content (AvgIpc) is 2.39. The van der Waals surface area contributed by atoms with Gasteiger partial charge in [0.25, 0.3) is 0 Å². The first-order chi connectivity index (χ1) is 9.36. The van der Waals surface area contributed by atoms with Crippen LogP contribution in [0.4, 0.5) is 9.18 Å². The fourth-order valence-electron chi connectivity index (χ4n) is 1.88. The molecule has 2 unspecified atom stereocenters. The SMILES string of the molecule is CCC(C(=O)O)N(C)C(=O)NC(C)c1ccc(F)cc1. The second-order valence-corrected chi connectivity index (χ2v) is 4.60. The van der Waals surface area contributed by atoms with E-state index < -0.39 is 18.0 Å². The predicted octanol–water partition coefficient (Wildman–Crippen LogP) is 2.39. The number of aliphatic carboxylic acids is 1. The Balaban J connectivity index is 2.69. The van der Waals surface area contributed by atoms with Crippen LogP contribution in [0.1, 0.15) is 31.9 Å². The Morgan fingerprint density at radius 1 is 1.35 bits per heavy atom. The van der Waals surface area contributed by atoms with Gasteiger partial charge < -0.3 is 15.3 Å². The second-order valence-electron chi connectivity index (χ2n) is 4.60. The maximum atomic E-state index is 12.8. The normalized spacial score (nSPS) is 13.4. The number of nitrogens with zero attached hydrogens (tertiary/aromatic N) is 1. The van der Waals surface area contributed by atoms with E-state index in [-0.39, 0.29) is 11.9 Å². The minimum atomic E-state index is -1.04. The molecule has 20 heavy (non-hydrogen) atoms. The van der Waals surface area contributed by atoms with Crippen molar-refractivity contribution in [2.45, 2.75) is 32.4 Å². The summed E-state index contributed by atoms with van der Waals surface area (Å²) in [6.45, 7) is 3.45. The van der Waals surface area contributed by atoms with Gasteiger partial charge in [-0.05, 0) is 31.0 Å². The summed E-state index contributed by atoms with van der Waals surface area (Å²) in [5, 5.41) is 11.7. The zero-order chi connectivity index (χ0) is 15.3. The molecule has 0 heterocycles. The molecule has 0 fully saturated rings. The van der Waals surface area contributed by atoms with Crippen LogP contribution < -0.4 is 5.32 Å². The topological polar surface area (TPSA) is 69.6 Å². The van der Waals surface area contributed by atoms with Crippen LogP contribution in [0.3, 0.4) is 0 Å². The first-order valence-corrected chi connectivity index (χ1v) is 6.38. The van der Waals surface area contributed by atoms with Crippen molar-refractivity contribution in [3.05, 3.63) is 35.6 Å². The second kappa shape index (κ2) is 6.88. The van der Waals surface area contributed by atoms with Gasteiger partial charge in [-0.15, -0.1) is 0 Å². The lowest BCUT2D eigenvalue weighted by Crippen LogP contribution is -2.47. The van der Waals surface area contributed by atoms with Gasteiger partial charge in [-0.2, -0.15) is 0 Å². The lowest BCUT2D eigenvalue weighted by Gasteiger charge is -2.26. The largest absolute Gasteiger partial charge is 0.480 e. The van der Waals surface area contributed by atoms with Gasteiger partial charge in [0.05, 0.1) is 6.04 Å². The number of urea groups is 1. The van der Waals surface area contributed by atoms with Crippen LogP contribution in [0.15, 0.2) is 24.3 Å². The van der Waals surface area contributed by atoms with Crippen molar-refractivity contribution in [3.8, 4) is 0 Å². The van der Waals surface area contributed by atoms with Gasteiger partial charge >= 0.3 is 12.0 Å². The number of carbonyl (C=O) groups is 2. The summed E-state index contributed by atoms with van der Waals surface area (Å²) >= 11 is 0. The highest BCUT2D eigenvalue weighted by atomic mass is 19.1. The van der Waals surface area contributed by atoms with Crippen LogP contribution >= 0.6 is 0 Å². The van der Waals surface area contributed by atoms with Crippen molar-refractivity contribution in [1.82, 2.24) is 10.2 Å². The molecule has 0 aliphatic heterocycles. The number of benzene rings is 1. The number of rotatable bonds is 5. The molecule has 0 radical (unpaired) electrons. The number of carbonyl (C=O) groups excluding carboxylic acids is 1. The molecule has 0 bridgehead atoms. The molecule has 0 saturated carbocycles. The monoisotopic (exact) mass is 282 g/mol. The van der Waals surface area contributed by atoms with Crippen LogP contribution in [0.25, 0.3) is 0 Å². The summed E-state index contributed by atoms with van der Waals surface area (Å²) < 4.78 is 12.8. The van der Waals surface area contributed by atoms with E-state index in [1.807, 2.05) is 0 Å². The van der Waals surface area contributed by atoms with Crippen LogP contribution in [-0.4, -0.2) is 35.1 Å². The van der Waals surface area contributed by atoms with Gasteiger partial charge in [-0.3, -0.25) is 0 Å². The summed E-state index contributed by atoms with van der Waals surface area (Å²) in [5.41, 5.74) is 0.747. The summed E-state index contributed by atoms with van der Waals surface area (Å²) in [4.78, 5) is 24.1. The van der Waals surface area contributed by atoms with E-state index >= 15 is 0 Å². The van der Waals surface area contributed by atoms with Crippen molar-refractivity contribution in [1.29, 1.82) is 0 Å². The van der Waals surface area contributed by atoms with Crippen LogP contribution in [0.2, 0.25) is 0 Å². The number of amides is 2. The summed E-state index contributed by atoms with van der Waals surface area (Å²) in [7, 11) is 1.44. The molecular weight excluding hydrogens is 263 g/mol. The summed E-state index contributed by atoms with van der Waals surface area (Å²) in [6, 6.07) is 4.11. The molecule has 0 saturated heterocycles. The van der Waals surface area contributed by atoms with E-state index in [2.05, 4.69) is 5.32 Å². The Bertz CT molecular complexity index is 476. The summed E-state index contributed by atoms with van der Waals surface area (Å²) in [6.07, 6.45) is 0.324. The third kappa shape index (κ3) is 3.94. The van der Waals surface area contributed by atoms with E-state index in [9.17, 15) is 14.0 Å². The highest BCUT2D eigenvalue weighted by Gasteiger charge is 2.25. The molecule has 2 N–H and O–H groups in total. The van der Waals surface area contributed by atoms with Gasteiger partial charge in [0.1, 0.15) is 11.9 Å². The number of nitrogens with one attached hydrogen (secondary N) is 1. The number of hydrogen-bond acceptors (Lipinski definition) is 2. The Morgan fingerprint density at radius 3 is 2.35 bits per heavy atom. The van der Waals surface area contributed by atoms with Crippen molar-refractivity contribution < 1.29 is 19.1 Å². The van der Waals surface area contributed by atoms with Crippen LogP contribution in [0.5, 0.6) is 0 Å². The molecule has 2 atom stereocenters. The van der Waals surface area contributed by atoms with Crippen LogP contribution in [0, 0.1) is 5.82 Å². The van der Waals surface area contributed by atoms with Crippen molar-refractivity contribution in [2.75, 3.05) is 7.05 Å². The molecule has 1 aromatic rings. The van der Waals surface area contributed by atoms with E-state index in [4.69, 9.17) is 5.11 Å². The van der Waals surface area contributed by atoms with E-state index in [0.717, 1.165) is 10.5 Å².